The highest BCUT2D eigenvalue weighted by molar-refractivity contribution is 6.31. The Labute approximate surface area is 132 Å². The number of benzene rings is 2. The average Bonchev–Trinajstić information content (AvgIpc) is 2.51. The van der Waals surface area contributed by atoms with Gasteiger partial charge in [0.05, 0.1) is 18.7 Å². The molecule has 1 N–H and O–H groups in total. The maximum absolute atomic E-state index is 13.0. The Morgan fingerprint density at radius 3 is 2.82 bits per heavy atom. The molecule has 0 saturated carbocycles. The summed E-state index contributed by atoms with van der Waals surface area (Å²) >= 11 is 5.64. The summed E-state index contributed by atoms with van der Waals surface area (Å²) in [6.45, 7) is 0.168. The summed E-state index contributed by atoms with van der Waals surface area (Å²) in [5.74, 6) is -0.147. The number of amides is 1. The summed E-state index contributed by atoms with van der Waals surface area (Å²) in [4.78, 5) is 11.7. The van der Waals surface area contributed by atoms with E-state index in [2.05, 4.69) is 5.32 Å². The zero-order chi connectivity index (χ0) is 15.9. The highest BCUT2D eigenvalue weighted by Crippen LogP contribution is 2.19. The third kappa shape index (κ3) is 4.72. The van der Waals surface area contributed by atoms with Gasteiger partial charge in [0, 0.05) is 5.69 Å². The van der Waals surface area contributed by atoms with Crippen LogP contribution in [0.15, 0.2) is 42.5 Å². The summed E-state index contributed by atoms with van der Waals surface area (Å²) < 4.78 is 23.4. The number of rotatable bonds is 6. The molecule has 0 atom stereocenters. The molecule has 2 aromatic rings. The predicted molar refractivity (Wildman–Crippen MR) is 82.7 cm³/mol. The lowest BCUT2D eigenvalue weighted by molar-refractivity contribution is -0.121. The number of anilines is 1. The Morgan fingerprint density at radius 1 is 1.27 bits per heavy atom. The van der Waals surface area contributed by atoms with E-state index in [-0.39, 0.29) is 24.1 Å². The number of nitrogens with one attached hydrogen (secondary N) is 1. The fourth-order valence-electron chi connectivity index (χ4n) is 1.79. The molecule has 4 nitrogen and oxygen atoms in total. The molecular weight excluding hydrogens is 309 g/mol. The summed E-state index contributed by atoms with van der Waals surface area (Å²) in [7, 11) is 1.58. The van der Waals surface area contributed by atoms with E-state index in [1.165, 1.54) is 18.2 Å². The van der Waals surface area contributed by atoms with Gasteiger partial charge < -0.3 is 14.8 Å². The zero-order valence-corrected chi connectivity index (χ0v) is 12.7. The predicted octanol–water partition coefficient (Wildman–Crippen LogP) is 3.64. The minimum Gasteiger partial charge on any atom is -0.497 e. The van der Waals surface area contributed by atoms with Gasteiger partial charge >= 0.3 is 0 Å². The van der Waals surface area contributed by atoms with Gasteiger partial charge in [-0.25, -0.2) is 4.39 Å². The van der Waals surface area contributed by atoms with E-state index < -0.39 is 5.82 Å². The standard InChI is InChI=1S/C16H15ClFNO3/c1-21-13-4-2-3-11(7-13)9-22-10-16(20)19-12-5-6-15(18)14(17)8-12/h2-8H,9-10H2,1H3,(H,19,20). The topological polar surface area (TPSA) is 47.6 Å². The molecule has 2 rings (SSSR count). The fraction of sp³-hybridized carbons (Fsp3) is 0.188. The molecule has 0 aliphatic carbocycles. The molecule has 0 fully saturated rings. The van der Waals surface area contributed by atoms with E-state index >= 15 is 0 Å². The molecule has 0 saturated heterocycles. The quantitative estimate of drug-likeness (QED) is 0.883. The van der Waals surface area contributed by atoms with Crippen molar-refractivity contribution >= 4 is 23.2 Å². The SMILES string of the molecule is COc1cccc(COCC(=O)Nc2ccc(F)c(Cl)c2)c1. The van der Waals surface area contributed by atoms with Gasteiger partial charge in [-0.15, -0.1) is 0 Å². The van der Waals surface area contributed by atoms with E-state index in [1.54, 1.807) is 7.11 Å². The molecule has 1 amide bonds. The van der Waals surface area contributed by atoms with Gasteiger partial charge in [0.15, 0.2) is 0 Å². The lowest BCUT2D eigenvalue weighted by Crippen LogP contribution is -2.18. The van der Waals surface area contributed by atoms with Gasteiger partial charge in [0.1, 0.15) is 18.2 Å². The number of carbonyl (C=O) groups is 1. The Kier molecular flexibility index (Phi) is 5.75. The van der Waals surface area contributed by atoms with Crippen LogP contribution in [-0.4, -0.2) is 19.6 Å². The van der Waals surface area contributed by atoms with Gasteiger partial charge in [0.2, 0.25) is 5.91 Å². The van der Waals surface area contributed by atoms with Crippen molar-refractivity contribution in [3.8, 4) is 5.75 Å². The molecule has 0 spiro atoms. The number of hydrogen-bond donors (Lipinski definition) is 1. The number of ether oxygens (including phenoxy) is 2. The van der Waals surface area contributed by atoms with Crippen LogP contribution in [0.25, 0.3) is 0 Å². The molecule has 0 unspecified atom stereocenters. The van der Waals surface area contributed by atoms with Crippen molar-refractivity contribution in [2.45, 2.75) is 6.61 Å². The van der Waals surface area contributed by atoms with Crippen molar-refractivity contribution in [1.29, 1.82) is 0 Å². The van der Waals surface area contributed by atoms with Crippen LogP contribution < -0.4 is 10.1 Å². The van der Waals surface area contributed by atoms with Gasteiger partial charge in [-0.2, -0.15) is 0 Å². The normalized spacial score (nSPS) is 10.3. The summed E-state index contributed by atoms with van der Waals surface area (Å²) in [5, 5.41) is 2.53. The molecule has 0 aromatic heterocycles. The third-order valence-corrected chi connectivity index (χ3v) is 3.13. The van der Waals surface area contributed by atoms with Crippen LogP contribution in [0.2, 0.25) is 5.02 Å². The second-order valence-electron chi connectivity index (χ2n) is 4.52. The Balaban J connectivity index is 1.81. The van der Waals surface area contributed by atoms with Crippen molar-refractivity contribution in [1.82, 2.24) is 0 Å². The maximum atomic E-state index is 13.0. The number of methoxy groups -OCH3 is 1. The average molecular weight is 324 g/mol. The second kappa shape index (κ2) is 7.77. The highest BCUT2D eigenvalue weighted by atomic mass is 35.5. The lowest BCUT2D eigenvalue weighted by Gasteiger charge is -2.08. The zero-order valence-electron chi connectivity index (χ0n) is 11.9. The van der Waals surface area contributed by atoms with Crippen LogP contribution in [-0.2, 0) is 16.1 Å². The second-order valence-corrected chi connectivity index (χ2v) is 4.93. The molecule has 6 heteroatoms. The monoisotopic (exact) mass is 323 g/mol. The Morgan fingerprint density at radius 2 is 2.09 bits per heavy atom. The molecule has 0 bridgehead atoms. The van der Waals surface area contributed by atoms with Gasteiger partial charge in [0.25, 0.3) is 0 Å². The van der Waals surface area contributed by atoms with Gasteiger partial charge in [-0.1, -0.05) is 23.7 Å². The van der Waals surface area contributed by atoms with Crippen LogP contribution in [0.1, 0.15) is 5.56 Å². The minimum atomic E-state index is -0.533. The molecular formula is C16H15ClFNO3. The number of carbonyl (C=O) groups excluding carboxylic acids is 1. The molecule has 0 aliphatic heterocycles. The van der Waals surface area contributed by atoms with Gasteiger partial charge in [-0.05, 0) is 35.9 Å². The van der Waals surface area contributed by atoms with E-state index in [0.717, 1.165) is 11.3 Å². The molecule has 0 heterocycles. The van der Waals surface area contributed by atoms with Crippen LogP contribution in [0.4, 0.5) is 10.1 Å². The van der Waals surface area contributed by atoms with Crippen molar-refractivity contribution in [3.05, 3.63) is 58.9 Å². The molecule has 2 aromatic carbocycles. The Bertz CT molecular complexity index is 664. The molecule has 0 radical (unpaired) electrons. The van der Waals surface area contributed by atoms with E-state index in [1.807, 2.05) is 24.3 Å². The fourth-order valence-corrected chi connectivity index (χ4v) is 1.98. The summed E-state index contributed by atoms with van der Waals surface area (Å²) in [5.41, 5.74) is 1.32. The van der Waals surface area contributed by atoms with E-state index in [9.17, 15) is 9.18 Å². The van der Waals surface area contributed by atoms with Crippen molar-refractivity contribution in [3.63, 3.8) is 0 Å². The largest absolute Gasteiger partial charge is 0.497 e. The van der Waals surface area contributed by atoms with Crippen molar-refractivity contribution in [2.24, 2.45) is 0 Å². The van der Waals surface area contributed by atoms with Gasteiger partial charge in [-0.3, -0.25) is 4.79 Å². The summed E-state index contributed by atoms with van der Waals surface area (Å²) in [6.07, 6.45) is 0. The van der Waals surface area contributed by atoms with Crippen LogP contribution in [0, 0.1) is 5.82 Å². The van der Waals surface area contributed by atoms with Crippen LogP contribution in [0.5, 0.6) is 5.75 Å². The minimum absolute atomic E-state index is 0.0462. The first-order chi connectivity index (χ1) is 10.6. The third-order valence-electron chi connectivity index (χ3n) is 2.84. The first-order valence-corrected chi connectivity index (χ1v) is 6.92. The number of hydrogen-bond acceptors (Lipinski definition) is 3. The number of halogens is 2. The highest BCUT2D eigenvalue weighted by Gasteiger charge is 2.06. The molecule has 116 valence electrons. The summed E-state index contributed by atoms with van der Waals surface area (Å²) in [6, 6.07) is 11.3. The molecule has 22 heavy (non-hydrogen) atoms. The van der Waals surface area contributed by atoms with Crippen molar-refractivity contribution in [2.75, 3.05) is 19.0 Å². The van der Waals surface area contributed by atoms with Crippen LogP contribution in [0.3, 0.4) is 0 Å². The first kappa shape index (κ1) is 16.3. The van der Waals surface area contributed by atoms with E-state index in [0.29, 0.717) is 5.69 Å². The maximum Gasteiger partial charge on any atom is 0.250 e. The van der Waals surface area contributed by atoms with Crippen molar-refractivity contribution < 1.29 is 18.7 Å². The first-order valence-electron chi connectivity index (χ1n) is 6.54. The lowest BCUT2D eigenvalue weighted by atomic mass is 10.2. The smallest absolute Gasteiger partial charge is 0.250 e. The Hall–Kier alpha value is -2.11. The molecule has 0 aliphatic rings. The van der Waals surface area contributed by atoms with E-state index in [4.69, 9.17) is 21.1 Å². The van der Waals surface area contributed by atoms with Crippen LogP contribution >= 0.6 is 11.6 Å².